The van der Waals surface area contributed by atoms with Gasteiger partial charge in [0, 0.05) is 8.95 Å². The normalized spacial score (nSPS) is 14.0. The van der Waals surface area contributed by atoms with Gasteiger partial charge in [-0.15, -0.1) is 13.2 Å². The molecule has 0 fully saturated rings. The van der Waals surface area contributed by atoms with E-state index in [1.165, 1.54) is 12.2 Å². The van der Waals surface area contributed by atoms with E-state index in [1.54, 1.807) is 24.3 Å². The Morgan fingerprint density at radius 2 is 1.04 bits per heavy atom. The van der Waals surface area contributed by atoms with E-state index in [1.807, 2.05) is 24.3 Å². The molecule has 0 unspecified atom stereocenters. The minimum absolute atomic E-state index is 0.687. The minimum Gasteiger partial charge on any atom is -0.227 e. The molecule has 2 aromatic carbocycles. The lowest BCUT2D eigenvalue weighted by atomic mass is 10.1. The summed E-state index contributed by atoms with van der Waals surface area (Å²) in [6, 6.07) is 14.4. The van der Waals surface area contributed by atoms with E-state index in [-0.39, 0.29) is 0 Å². The van der Waals surface area contributed by atoms with Crippen molar-refractivity contribution in [1.29, 1.82) is 0 Å². The number of rotatable bonds is 6. The van der Waals surface area contributed by atoms with E-state index in [4.69, 9.17) is 0 Å². The number of sulfone groups is 1. The summed E-state index contributed by atoms with van der Waals surface area (Å²) in [5, 5.41) is -1.58. The first-order valence-electron chi connectivity index (χ1n) is 6.89. The van der Waals surface area contributed by atoms with Gasteiger partial charge in [0.15, 0.2) is 9.84 Å². The van der Waals surface area contributed by atoms with E-state index in [9.17, 15) is 8.42 Å². The van der Waals surface area contributed by atoms with Crippen LogP contribution in [-0.2, 0) is 9.84 Å². The second-order valence-electron chi connectivity index (χ2n) is 5.00. The molecule has 0 heterocycles. The molecular formula is C18H16Br2O2S. The third-order valence-corrected chi connectivity index (χ3v) is 6.94. The van der Waals surface area contributed by atoms with Crippen molar-refractivity contribution in [3.8, 4) is 0 Å². The SMILES string of the molecule is C=C[C@H](c1ccc(Br)cc1)S(=O)(=O)[C@H](C=C)c1ccc(Br)cc1. The summed E-state index contributed by atoms with van der Waals surface area (Å²) < 4.78 is 28.0. The summed E-state index contributed by atoms with van der Waals surface area (Å²) >= 11 is 6.71. The molecule has 0 saturated carbocycles. The molecule has 0 amide bonds. The van der Waals surface area contributed by atoms with Gasteiger partial charge in [0.1, 0.15) is 10.5 Å². The average molecular weight is 456 g/mol. The smallest absolute Gasteiger partial charge is 0.171 e. The van der Waals surface area contributed by atoms with Crippen LogP contribution in [0.2, 0.25) is 0 Å². The average Bonchev–Trinajstić information content (AvgIpc) is 2.52. The molecule has 2 aromatic rings. The fourth-order valence-electron chi connectivity index (χ4n) is 2.38. The highest BCUT2D eigenvalue weighted by Gasteiger charge is 2.32. The van der Waals surface area contributed by atoms with Crippen LogP contribution in [0.25, 0.3) is 0 Å². The van der Waals surface area contributed by atoms with Gasteiger partial charge in [-0.05, 0) is 35.4 Å². The van der Waals surface area contributed by atoms with Gasteiger partial charge < -0.3 is 0 Å². The Kier molecular flexibility index (Phi) is 6.00. The van der Waals surface area contributed by atoms with Gasteiger partial charge in [0.05, 0.1) is 0 Å². The fourth-order valence-corrected chi connectivity index (χ4v) is 4.84. The molecule has 0 aromatic heterocycles. The van der Waals surface area contributed by atoms with Crippen molar-refractivity contribution in [1.82, 2.24) is 0 Å². The van der Waals surface area contributed by atoms with Crippen LogP contribution in [0.3, 0.4) is 0 Å². The Morgan fingerprint density at radius 3 is 1.30 bits per heavy atom. The van der Waals surface area contributed by atoms with Crippen LogP contribution >= 0.6 is 31.9 Å². The maximum Gasteiger partial charge on any atom is 0.171 e. The van der Waals surface area contributed by atoms with E-state index in [0.717, 1.165) is 8.95 Å². The highest BCUT2D eigenvalue weighted by atomic mass is 79.9. The quantitative estimate of drug-likeness (QED) is 0.517. The lowest BCUT2D eigenvalue weighted by Gasteiger charge is -2.21. The summed E-state index contributed by atoms with van der Waals surface area (Å²) in [5.74, 6) is 0. The van der Waals surface area contributed by atoms with Crippen molar-refractivity contribution < 1.29 is 8.42 Å². The lowest BCUT2D eigenvalue weighted by molar-refractivity contribution is 0.584. The molecule has 0 radical (unpaired) electrons. The maximum absolute atomic E-state index is 13.1. The molecule has 0 N–H and O–H groups in total. The van der Waals surface area contributed by atoms with Gasteiger partial charge in [-0.3, -0.25) is 0 Å². The van der Waals surface area contributed by atoms with E-state index < -0.39 is 20.3 Å². The van der Waals surface area contributed by atoms with Crippen molar-refractivity contribution in [3.05, 3.63) is 93.9 Å². The number of hydrogen-bond acceptors (Lipinski definition) is 2. The molecule has 2 nitrogen and oxygen atoms in total. The molecule has 120 valence electrons. The molecule has 0 bridgehead atoms. The van der Waals surface area contributed by atoms with Gasteiger partial charge in [-0.25, -0.2) is 8.42 Å². The topological polar surface area (TPSA) is 34.1 Å². The molecule has 0 saturated heterocycles. The summed E-state index contributed by atoms with van der Waals surface area (Å²) in [4.78, 5) is 0. The van der Waals surface area contributed by atoms with Crippen molar-refractivity contribution in [2.75, 3.05) is 0 Å². The van der Waals surface area contributed by atoms with E-state index in [0.29, 0.717) is 11.1 Å². The standard InChI is InChI=1S/C18H16Br2O2S/c1-3-17(13-5-9-15(19)10-6-13)23(21,22)18(4-2)14-7-11-16(20)12-8-14/h3-12,17-18H,1-2H2/t17-,18-/m1/s1. The molecule has 0 aliphatic rings. The zero-order valence-electron chi connectivity index (χ0n) is 12.3. The highest BCUT2D eigenvalue weighted by molar-refractivity contribution is 9.10. The number of halogens is 2. The number of benzene rings is 2. The van der Waals surface area contributed by atoms with Crippen LogP contribution in [0.4, 0.5) is 0 Å². The van der Waals surface area contributed by atoms with Crippen molar-refractivity contribution in [3.63, 3.8) is 0 Å². The zero-order valence-corrected chi connectivity index (χ0v) is 16.3. The fraction of sp³-hybridized carbons (Fsp3) is 0.111. The third-order valence-electron chi connectivity index (χ3n) is 3.53. The monoisotopic (exact) mass is 454 g/mol. The predicted octanol–water partition coefficient (Wildman–Crippen LogP) is 5.78. The predicted molar refractivity (Wildman–Crippen MR) is 103 cm³/mol. The summed E-state index contributed by atoms with van der Waals surface area (Å²) in [6.45, 7) is 7.44. The van der Waals surface area contributed by atoms with Crippen molar-refractivity contribution >= 4 is 41.7 Å². The lowest BCUT2D eigenvalue weighted by Crippen LogP contribution is -2.18. The second kappa shape index (κ2) is 7.60. The van der Waals surface area contributed by atoms with Crippen LogP contribution in [0.5, 0.6) is 0 Å². The first-order chi connectivity index (χ1) is 10.9. The summed E-state index contributed by atoms with van der Waals surface area (Å²) in [7, 11) is -3.56. The molecule has 2 rings (SSSR count). The van der Waals surface area contributed by atoms with Gasteiger partial charge in [0.25, 0.3) is 0 Å². The highest BCUT2D eigenvalue weighted by Crippen LogP contribution is 2.36. The molecule has 2 atom stereocenters. The van der Waals surface area contributed by atoms with Crippen molar-refractivity contribution in [2.45, 2.75) is 10.5 Å². The Morgan fingerprint density at radius 1 is 0.739 bits per heavy atom. The van der Waals surface area contributed by atoms with E-state index >= 15 is 0 Å². The van der Waals surface area contributed by atoms with E-state index in [2.05, 4.69) is 45.0 Å². The summed E-state index contributed by atoms with van der Waals surface area (Å²) in [6.07, 6.45) is 2.93. The van der Waals surface area contributed by atoms with Crippen molar-refractivity contribution in [2.24, 2.45) is 0 Å². The van der Waals surface area contributed by atoms with Crippen LogP contribution in [0, 0.1) is 0 Å². The van der Waals surface area contributed by atoms with Gasteiger partial charge >= 0.3 is 0 Å². The summed E-state index contributed by atoms with van der Waals surface area (Å²) in [5.41, 5.74) is 1.37. The first-order valence-corrected chi connectivity index (χ1v) is 10.1. The van der Waals surface area contributed by atoms with Crippen LogP contribution in [0.15, 0.2) is 82.8 Å². The van der Waals surface area contributed by atoms with Crippen LogP contribution in [-0.4, -0.2) is 8.42 Å². The Hall–Kier alpha value is -1.17. The molecular weight excluding hydrogens is 440 g/mol. The molecule has 0 spiro atoms. The Bertz CT molecular complexity index is 730. The minimum atomic E-state index is -3.56. The van der Waals surface area contributed by atoms with Gasteiger partial charge in [0.2, 0.25) is 0 Å². The molecule has 5 heteroatoms. The largest absolute Gasteiger partial charge is 0.227 e. The molecule has 0 aliphatic heterocycles. The number of hydrogen-bond donors (Lipinski definition) is 0. The molecule has 23 heavy (non-hydrogen) atoms. The van der Waals surface area contributed by atoms with Crippen LogP contribution < -0.4 is 0 Å². The third kappa shape index (κ3) is 4.03. The maximum atomic E-state index is 13.1. The first kappa shape index (κ1) is 18.2. The Labute approximate surface area is 154 Å². The second-order valence-corrected chi connectivity index (χ2v) is 9.03. The Balaban J connectivity index is 2.47. The molecule has 0 aliphatic carbocycles. The zero-order chi connectivity index (χ0) is 17.0. The van der Waals surface area contributed by atoms with Gasteiger partial charge in [-0.2, -0.15) is 0 Å². The van der Waals surface area contributed by atoms with Gasteiger partial charge in [-0.1, -0.05) is 68.3 Å². The van der Waals surface area contributed by atoms with Crippen LogP contribution in [0.1, 0.15) is 21.6 Å².